The third-order valence-corrected chi connectivity index (χ3v) is 3.25. The van der Waals surface area contributed by atoms with E-state index in [0.29, 0.717) is 12.0 Å². The minimum atomic E-state index is 0.195. The average Bonchev–Trinajstić information content (AvgIpc) is 2.17. The molecule has 1 fully saturated rings. The third kappa shape index (κ3) is 3.37. The highest BCUT2D eigenvalue weighted by molar-refractivity contribution is 5.88. The molecule has 1 aliphatic heterocycles. The normalized spacial score (nSPS) is 26.3. The van der Waals surface area contributed by atoms with Crippen molar-refractivity contribution in [1.82, 2.24) is 4.90 Å². The molecular formula is C13H23NO. The molecule has 0 N–H and O–H groups in total. The molecule has 2 heteroatoms. The van der Waals surface area contributed by atoms with Gasteiger partial charge in [-0.3, -0.25) is 4.79 Å². The van der Waals surface area contributed by atoms with Crippen molar-refractivity contribution in [3.8, 4) is 0 Å². The summed E-state index contributed by atoms with van der Waals surface area (Å²) in [6, 6.07) is 0.413. The number of likely N-dealkylation sites (tertiary alicyclic amines) is 1. The molecule has 1 amide bonds. The van der Waals surface area contributed by atoms with Crippen LogP contribution >= 0.6 is 0 Å². The van der Waals surface area contributed by atoms with Gasteiger partial charge in [-0.05, 0) is 39.5 Å². The van der Waals surface area contributed by atoms with Gasteiger partial charge in [-0.1, -0.05) is 18.9 Å². The van der Waals surface area contributed by atoms with Crippen LogP contribution in [0.2, 0.25) is 0 Å². The van der Waals surface area contributed by atoms with E-state index in [1.165, 1.54) is 12.8 Å². The minimum absolute atomic E-state index is 0.195. The maximum Gasteiger partial charge on any atom is 0.246 e. The Morgan fingerprint density at radius 2 is 2.07 bits per heavy atom. The van der Waals surface area contributed by atoms with Gasteiger partial charge in [0.1, 0.15) is 0 Å². The van der Waals surface area contributed by atoms with Crippen LogP contribution in [-0.2, 0) is 4.79 Å². The van der Waals surface area contributed by atoms with Gasteiger partial charge in [0.15, 0.2) is 0 Å². The van der Waals surface area contributed by atoms with Crippen LogP contribution in [0.1, 0.15) is 47.0 Å². The van der Waals surface area contributed by atoms with E-state index in [1.807, 2.05) is 18.7 Å². The Kier molecular flexibility index (Phi) is 4.37. The smallest absolute Gasteiger partial charge is 0.246 e. The van der Waals surface area contributed by atoms with Crippen molar-refractivity contribution in [3.05, 3.63) is 11.6 Å². The molecule has 0 spiro atoms. The van der Waals surface area contributed by atoms with Gasteiger partial charge in [-0.25, -0.2) is 0 Å². The molecule has 0 unspecified atom stereocenters. The standard InChI is InChI=1S/C13H23NO/c1-5-12-7-6-11(4)14(9-12)13(15)8-10(2)3/h8,11-12H,5-7,9H2,1-4H3/t11-,12+/m0/s1. The SMILES string of the molecule is CC[C@@H]1CC[C@H](C)N(C(=O)C=C(C)C)C1. The highest BCUT2D eigenvalue weighted by atomic mass is 16.2. The van der Waals surface area contributed by atoms with E-state index in [2.05, 4.69) is 13.8 Å². The molecule has 2 atom stereocenters. The molecule has 0 aliphatic carbocycles. The number of rotatable bonds is 2. The van der Waals surface area contributed by atoms with Gasteiger partial charge in [0, 0.05) is 18.7 Å². The second kappa shape index (κ2) is 5.34. The van der Waals surface area contributed by atoms with Crippen LogP contribution in [0.5, 0.6) is 0 Å². The van der Waals surface area contributed by atoms with E-state index in [4.69, 9.17) is 0 Å². The molecular weight excluding hydrogens is 186 g/mol. The number of amides is 1. The van der Waals surface area contributed by atoms with Crippen molar-refractivity contribution in [3.63, 3.8) is 0 Å². The lowest BCUT2D eigenvalue weighted by molar-refractivity contribution is -0.130. The molecule has 0 aromatic rings. The predicted molar refractivity (Wildman–Crippen MR) is 63.6 cm³/mol. The summed E-state index contributed by atoms with van der Waals surface area (Å²) in [5.74, 6) is 0.899. The van der Waals surface area contributed by atoms with Crippen molar-refractivity contribution < 1.29 is 4.79 Å². The zero-order valence-corrected chi connectivity index (χ0v) is 10.4. The van der Waals surface area contributed by atoms with Gasteiger partial charge in [0.2, 0.25) is 5.91 Å². The van der Waals surface area contributed by atoms with Crippen LogP contribution in [0, 0.1) is 5.92 Å². The summed E-state index contributed by atoms with van der Waals surface area (Å²) in [5, 5.41) is 0. The molecule has 1 rings (SSSR count). The fourth-order valence-electron chi connectivity index (χ4n) is 2.15. The summed E-state index contributed by atoms with van der Waals surface area (Å²) >= 11 is 0. The van der Waals surface area contributed by atoms with Gasteiger partial charge in [-0.15, -0.1) is 0 Å². The lowest BCUT2D eigenvalue weighted by Crippen LogP contribution is -2.44. The first kappa shape index (κ1) is 12.3. The van der Waals surface area contributed by atoms with Crippen molar-refractivity contribution >= 4 is 5.91 Å². The molecule has 0 aromatic heterocycles. The van der Waals surface area contributed by atoms with E-state index in [-0.39, 0.29) is 5.91 Å². The molecule has 1 aliphatic rings. The molecule has 0 bridgehead atoms. The Labute approximate surface area is 93.3 Å². The zero-order valence-electron chi connectivity index (χ0n) is 10.4. The highest BCUT2D eigenvalue weighted by Gasteiger charge is 2.26. The van der Waals surface area contributed by atoms with Crippen LogP contribution in [0.3, 0.4) is 0 Å². The monoisotopic (exact) mass is 209 g/mol. The lowest BCUT2D eigenvalue weighted by Gasteiger charge is -2.37. The fraction of sp³-hybridized carbons (Fsp3) is 0.769. The summed E-state index contributed by atoms with van der Waals surface area (Å²) in [4.78, 5) is 14.0. The Morgan fingerprint density at radius 1 is 1.40 bits per heavy atom. The maximum atomic E-state index is 11.9. The molecule has 15 heavy (non-hydrogen) atoms. The van der Waals surface area contributed by atoms with Crippen molar-refractivity contribution in [1.29, 1.82) is 0 Å². The summed E-state index contributed by atoms with van der Waals surface area (Å²) in [6.07, 6.45) is 5.37. The quantitative estimate of drug-likeness (QED) is 0.640. The third-order valence-electron chi connectivity index (χ3n) is 3.25. The first-order valence-corrected chi connectivity index (χ1v) is 6.00. The second-order valence-electron chi connectivity index (χ2n) is 4.91. The first-order valence-electron chi connectivity index (χ1n) is 6.00. The second-order valence-corrected chi connectivity index (χ2v) is 4.91. The topological polar surface area (TPSA) is 20.3 Å². The minimum Gasteiger partial charge on any atom is -0.336 e. The lowest BCUT2D eigenvalue weighted by atomic mass is 9.91. The number of allylic oxidation sites excluding steroid dienone is 1. The van der Waals surface area contributed by atoms with Crippen LogP contribution in [0.25, 0.3) is 0 Å². The largest absolute Gasteiger partial charge is 0.336 e. The van der Waals surface area contributed by atoms with E-state index in [1.54, 1.807) is 6.08 Å². The number of nitrogens with zero attached hydrogens (tertiary/aromatic N) is 1. The predicted octanol–water partition coefficient (Wildman–Crippen LogP) is 2.99. The summed E-state index contributed by atoms with van der Waals surface area (Å²) in [6.45, 7) is 9.26. The van der Waals surface area contributed by atoms with Gasteiger partial charge in [0.05, 0.1) is 0 Å². The number of hydrogen-bond donors (Lipinski definition) is 0. The molecule has 0 radical (unpaired) electrons. The van der Waals surface area contributed by atoms with E-state index in [9.17, 15) is 4.79 Å². The molecule has 2 nitrogen and oxygen atoms in total. The maximum absolute atomic E-state index is 11.9. The van der Waals surface area contributed by atoms with Crippen molar-refractivity contribution in [2.75, 3.05) is 6.54 Å². The van der Waals surface area contributed by atoms with Gasteiger partial charge in [0.25, 0.3) is 0 Å². The number of piperidine rings is 1. The number of carbonyl (C=O) groups excluding carboxylic acids is 1. The molecule has 0 saturated carbocycles. The number of hydrogen-bond acceptors (Lipinski definition) is 1. The van der Waals surface area contributed by atoms with Gasteiger partial charge < -0.3 is 4.90 Å². The Balaban J connectivity index is 2.65. The molecule has 1 heterocycles. The van der Waals surface area contributed by atoms with Crippen LogP contribution in [0.15, 0.2) is 11.6 Å². The highest BCUT2D eigenvalue weighted by Crippen LogP contribution is 2.24. The first-order chi connectivity index (χ1) is 7.04. The fourth-order valence-corrected chi connectivity index (χ4v) is 2.15. The molecule has 86 valence electrons. The van der Waals surface area contributed by atoms with Gasteiger partial charge >= 0.3 is 0 Å². The van der Waals surface area contributed by atoms with E-state index in [0.717, 1.165) is 18.5 Å². The summed E-state index contributed by atoms with van der Waals surface area (Å²) in [5.41, 5.74) is 1.09. The summed E-state index contributed by atoms with van der Waals surface area (Å²) in [7, 11) is 0. The molecule has 0 aromatic carbocycles. The Morgan fingerprint density at radius 3 is 2.60 bits per heavy atom. The Hall–Kier alpha value is -0.790. The zero-order chi connectivity index (χ0) is 11.4. The van der Waals surface area contributed by atoms with Crippen LogP contribution in [-0.4, -0.2) is 23.4 Å². The van der Waals surface area contributed by atoms with Crippen molar-refractivity contribution in [2.45, 2.75) is 53.0 Å². The average molecular weight is 209 g/mol. The molecule has 1 saturated heterocycles. The van der Waals surface area contributed by atoms with Crippen LogP contribution in [0.4, 0.5) is 0 Å². The Bertz CT molecular complexity index is 253. The van der Waals surface area contributed by atoms with E-state index >= 15 is 0 Å². The number of carbonyl (C=O) groups is 1. The van der Waals surface area contributed by atoms with Crippen LogP contribution < -0.4 is 0 Å². The summed E-state index contributed by atoms with van der Waals surface area (Å²) < 4.78 is 0. The van der Waals surface area contributed by atoms with Crippen molar-refractivity contribution in [2.24, 2.45) is 5.92 Å². The van der Waals surface area contributed by atoms with Gasteiger partial charge in [-0.2, -0.15) is 0 Å². The van der Waals surface area contributed by atoms with E-state index < -0.39 is 0 Å².